The van der Waals surface area contributed by atoms with E-state index in [0.29, 0.717) is 0 Å². The van der Waals surface area contributed by atoms with Gasteiger partial charge < -0.3 is 19.6 Å². The van der Waals surface area contributed by atoms with Gasteiger partial charge in [-0.1, -0.05) is 6.08 Å². The summed E-state index contributed by atoms with van der Waals surface area (Å²) in [7, 11) is -15.7. The first-order valence-corrected chi connectivity index (χ1v) is 7.89. The Morgan fingerprint density at radius 2 is 1.50 bits per heavy atom. The Morgan fingerprint density at radius 1 is 1.00 bits per heavy atom. The van der Waals surface area contributed by atoms with Crippen LogP contribution in [-0.4, -0.2) is 26.2 Å². The van der Waals surface area contributed by atoms with Crippen molar-refractivity contribution in [3.63, 3.8) is 0 Å². The third-order valence-corrected chi connectivity index (χ3v) is 4.57. The molecule has 0 aromatic heterocycles. The topological polar surface area (TPSA) is 160 Å². The van der Waals surface area contributed by atoms with Crippen LogP contribution in [0.15, 0.2) is 12.7 Å². The van der Waals surface area contributed by atoms with Crippen LogP contribution in [0.1, 0.15) is 0 Å². The zero-order chi connectivity index (χ0) is 13.0. The van der Waals surface area contributed by atoms with E-state index >= 15 is 0 Å². The second-order valence-corrected chi connectivity index (χ2v) is 6.60. The molecule has 13 heteroatoms. The molecule has 0 aliphatic heterocycles. The van der Waals surface area contributed by atoms with Gasteiger partial charge in [0.2, 0.25) is 0 Å². The Balaban J connectivity index is 4.58. The molecule has 96 valence electrons. The fourth-order valence-electron chi connectivity index (χ4n) is 0.450. The maximum absolute atomic E-state index is 10.9. The van der Waals surface area contributed by atoms with Gasteiger partial charge in [0.15, 0.2) is 0 Å². The van der Waals surface area contributed by atoms with Crippen molar-refractivity contribution in [2.45, 2.75) is 0 Å². The van der Waals surface area contributed by atoms with Gasteiger partial charge in [0, 0.05) is 0 Å². The quantitative estimate of drug-likeness (QED) is 0.385. The van der Waals surface area contributed by atoms with Gasteiger partial charge in [-0.05, 0) is 0 Å². The number of hydrogen-bond acceptors (Lipinski definition) is 6. The Hall–Kier alpha value is 0.150. The maximum atomic E-state index is 10.9. The Labute approximate surface area is 89.9 Å². The van der Waals surface area contributed by atoms with Gasteiger partial charge in [-0.3, -0.25) is 4.52 Å². The van der Waals surface area contributed by atoms with E-state index < -0.39 is 30.1 Å². The number of phosphoric ester groups is 1. The fourth-order valence-corrected chi connectivity index (χ4v) is 3.44. The molecule has 0 aliphatic carbocycles. The van der Waals surface area contributed by atoms with Gasteiger partial charge in [0.25, 0.3) is 0 Å². The van der Waals surface area contributed by atoms with Crippen molar-refractivity contribution < 1.29 is 46.4 Å². The van der Waals surface area contributed by atoms with Crippen molar-refractivity contribution in [1.82, 2.24) is 0 Å². The standard InChI is InChI=1S/C3H9O10P3/c1-2-3-11-15(7,8)13-16(9,10)12-14(4,5)6/h2H,1,3H2,(H,7,8)(H,9,10)(H2,4,5,6). The van der Waals surface area contributed by atoms with Crippen LogP contribution in [0.2, 0.25) is 0 Å². The van der Waals surface area contributed by atoms with Crippen LogP contribution in [-0.2, 0) is 26.8 Å². The molecule has 0 saturated heterocycles. The van der Waals surface area contributed by atoms with Crippen molar-refractivity contribution in [1.29, 1.82) is 0 Å². The molecule has 4 N–H and O–H groups in total. The van der Waals surface area contributed by atoms with Crippen LogP contribution in [0.5, 0.6) is 0 Å². The number of hydrogen-bond donors (Lipinski definition) is 4. The summed E-state index contributed by atoms with van der Waals surface area (Å²) in [6, 6.07) is 0. The zero-order valence-electron chi connectivity index (χ0n) is 7.57. The van der Waals surface area contributed by atoms with Crippen molar-refractivity contribution in [2.75, 3.05) is 6.61 Å². The number of rotatable bonds is 7. The second-order valence-electron chi connectivity index (χ2n) is 2.18. The first kappa shape index (κ1) is 16.1. The summed E-state index contributed by atoms with van der Waals surface area (Å²) < 4.78 is 42.7. The van der Waals surface area contributed by atoms with Gasteiger partial charge in [-0.15, -0.1) is 6.58 Å². The molecule has 0 spiro atoms. The Kier molecular flexibility index (Phi) is 5.71. The van der Waals surface area contributed by atoms with E-state index in [9.17, 15) is 13.7 Å². The van der Waals surface area contributed by atoms with Crippen molar-refractivity contribution in [3.05, 3.63) is 12.7 Å². The predicted molar refractivity (Wildman–Crippen MR) is 50.0 cm³/mol. The predicted octanol–water partition coefficient (Wildman–Crippen LogP) is 0.516. The van der Waals surface area contributed by atoms with Crippen molar-refractivity contribution >= 4 is 23.5 Å². The lowest BCUT2D eigenvalue weighted by Crippen LogP contribution is -1.96. The molecule has 2 atom stereocenters. The lowest BCUT2D eigenvalue weighted by atomic mass is 10.7. The highest BCUT2D eigenvalue weighted by atomic mass is 31.3. The summed E-state index contributed by atoms with van der Waals surface area (Å²) in [5.41, 5.74) is 0. The van der Waals surface area contributed by atoms with E-state index in [2.05, 4.69) is 19.7 Å². The third kappa shape index (κ3) is 8.32. The van der Waals surface area contributed by atoms with Crippen LogP contribution in [0, 0.1) is 0 Å². The normalized spacial score (nSPS) is 19.8. The highest BCUT2D eigenvalue weighted by molar-refractivity contribution is 7.66. The van der Waals surface area contributed by atoms with Crippen LogP contribution < -0.4 is 0 Å². The van der Waals surface area contributed by atoms with Gasteiger partial charge in [-0.25, -0.2) is 13.7 Å². The fraction of sp³-hybridized carbons (Fsp3) is 0.333. The molecule has 0 amide bonds. The van der Waals surface area contributed by atoms with E-state index in [-0.39, 0.29) is 0 Å². The molecular formula is C3H9O10P3. The van der Waals surface area contributed by atoms with E-state index in [4.69, 9.17) is 19.6 Å². The van der Waals surface area contributed by atoms with Gasteiger partial charge in [0.05, 0.1) is 6.61 Å². The minimum absolute atomic E-state index is 0.482. The molecule has 0 aliphatic rings. The highest BCUT2D eigenvalue weighted by Crippen LogP contribution is 2.66. The summed E-state index contributed by atoms with van der Waals surface area (Å²) in [6.45, 7) is 2.64. The molecule has 0 rings (SSSR count). The zero-order valence-corrected chi connectivity index (χ0v) is 10.3. The highest BCUT2D eigenvalue weighted by Gasteiger charge is 2.40. The van der Waals surface area contributed by atoms with E-state index in [0.717, 1.165) is 6.08 Å². The van der Waals surface area contributed by atoms with E-state index in [1.165, 1.54) is 0 Å². The summed E-state index contributed by atoms with van der Waals surface area (Å²) in [5, 5.41) is 0. The van der Waals surface area contributed by atoms with Gasteiger partial charge in [-0.2, -0.15) is 8.62 Å². The van der Waals surface area contributed by atoms with Crippen LogP contribution in [0.4, 0.5) is 0 Å². The van der Waals surface area contributed by atoms with Crippen LogP contribution in [0.25, 0.3) is 0 Å². The van der Waals surface area contributed by atoms with Crippen LogP contribution >= 0.6 is 23.5 Å². The smallest absolute Gasteiger partial charge is 0.302 e. The number of phosphoric acid groups is 3. The van der Waals surface area contributed by atoms with Gasteiger partial charge in [0.1, 0.15) is 0 Å². The maximum Gasteiger partial charge on any atom is 0.490 e. The monoisotopic (exact) mass is 298 g/mol. The van der Waals surface area contributed by atoms with Crippen molar-refractivity contribution in [3.8, 4) is 0 Å². The first-order chi connectivity index (χ1) is 6.97. The molecule has 0 radical (unpaired) electrons. The van der Waals surface area contributed by atoms with Gasteiger partial charge >= 0.3 is 23.5 Å². The SMILES string of the molecule is C=CCOP(=O)(O)OP(=O)(O)OP(=O)(O)O. The summed E-state index contributed by atoms with van der Waals surface area (Å²) in [4.78, 5) is 33.8. The average Bonchev–Trinajstić information content (AvgIpc) is 1.93. The molecule has 0 bridgehead atoms. The lowest BCUT2D eigenvalue weighted by molar-refractivity contribution is 0.182. The summed E-state index contributed by atoms with van der Waals surface area (Å²) in [6.07, 6.45) is 1.04. The third-order valence-electron chi connectivity index (χ3n) is 0.771. The summed E-state index contributed by atoms with van der Waals surface area (Å²) >= 11 is 0. The molecule has 2 unspecified atom stereocenters. The molecule has 0 aromatic rings. The molecule has 0 aromatic carbocycles. The molecule has 0 fully saturated rings. The molecule has 10 nitrogen and oxygen atoms in total. The molecule has 0 heterocycles. The average molecular weight is 298 g/mol. The molecule has 16 heavy (non-hydrogen) atoms. The van der Waals surface area contributed by atoms with Crippen molar-refractivity contribution in [2.24, 2.45) is 0 Å². The van der Waals surface area contributed by atoms with E-state index in [1.807, 2.05) is 0 Å². The minimum Gasteiger partial charge on any atom is -0.302 e. The second kappa shape index (κ2) is 5.66. The largest absolute Gasteiger partial charge is 0.490 e. The first-order valence-electron chi connectivity index (χ1n) is 3.37. The molecule has 0 saturated carbocycles. The van der Waals surface area contributed by atoms with E-state index in [1.54, 1.807) is 0 Å². The molecular weight excluding hydrogens is 289 g/mol. The lowest BCUT2D eigenvalue weighted by Gasteiger charge is -2.15. The Morgan fingerprint density at radius 3 is 1.88 bits per heavy atom. The Bertz CT molecular complexity index is 381. The van der Waals surface area contributed by atoms with Crippen LogP contribution in [0.3, 0.4) is 0 Å². The minimum atomic E-state index is -5.41. The summed E-state index contributed by atoms with van der Waals surface area (Å²) in [5.74, 6) is 0.